The Balaban J connectivity index is 1.93. The van der Waals surface area contributed by atoms with Crippen LogP contribution in [-0.2, 0) is 9.67 Å². The summed E-state index contributed by atoms with van der Waals surface area (Å²) < 4.78 is 61.9. The Kier molecular flexibility index (Phi) is 5.23. The number of ether oxygens (including phenoxy) is 1. The molecule has 0 saturated carbocycles. The second-order valence-corrected chi connectivity index (χ2v) is 8.22. The van der Waals surface area contributed by atoms with Crippen LogP contribution in [0.5, 0.6) is 5.75 Å². The summed E-state index contributed by atoms with van der Waals surface area (Å²) in [6, 6.07) is 4.77. The van der Waals surface area contributed by atoms with Gasteiger partial charge in [0.25, 0.3) is 0 Å². The van der Waals surface area contributed by atoms with Crippen molar-refractivity contribution >= 4 is 22.7 Å². The third kappa shape index (κ3) is 3.14. The summed E-state index contributed by atoms with van der Waals surface area (Å²) in [5.41, 5.74) is 5.79. The molecule has 2 N–H and O–H groups in total. The van der Waals surface area contributed by atoms with Gasteiger partial charge >= 0.3 is 0 Å². The second-order valence-electron chi connectivity index (χ2n) is 7.01. The van der Waals surface area contributed by atoms with Crippen LogP contribution in [0.2, 0.25) is 0 Å². The highest BCUT2D eigenvalue weighted by atomic mass is 32.2. The van der Waals surface area contributed by atoms with Crippen LogP contribution in [0, 0.1) is 29.2 Å². The van der Waals surface area contributed by atoms with E-state index in [1.807, 2.05) is 0 Å². The molecule has 2 aromatic carbocycles. The zero-order chi connectivity index (χ0) is 21.6. The normalized spacial score (nSPS) is 22.7. The lowest BCUT2D eigenvalue weighted by molar-refractivity contribution is -0.134. The van der Waals surface area contributed by atoms with Gasteiger partial charge in [0.2, 0.25) is 5.91 Å². The van der Waals surface area contributed by atoms with Crippen molar-refractivity contribution in [2.45, 2.75) is 18.2 Å². The number of thioether (sulfide) groups is 1. The van der Waals surface area contributed by atoms with Crippen LogP contribution in [0.3, 0.4) is 0 Å². The summed E-state index contributed by atoms with van der Waals surface area (Å²) >= 11 is 0.975. The Hall–Kier alpha value is -2.59. The topological polar surface area (TPSA) is 67.9 Å². The largest absolute Gasteiger partial charge is 0.493 e. The third-order valence-electron chi connectivity index (χ3n) is 5.13. The molecule has 5 nitrogen and oxygen atoms in total. The second kappa shape index (κ2) is 7.59. The molecule has 10 heteroatoms. The van der Waals surface area contributed by atoms with E-state index in [9.17, 15) is 22.4 Å². The fraction of sp³-hybridized carbons (Fsp3) is 0.300. The van der Waals surface area contributed by atoms with Gasteiger partial charge in [0.1, 0.15) is 22.4 Å². The molecule has 2 heterocycles. The van der Waals surface area contributed by atoms with E-state index in [0.717, 1.165) is 47.1 Å². The number of hydrazone groups is 1. The summed E-state index contributed by atoms with van der Waals surface area (Å²) in [6.45, 7) is 1.54. The first-order chi connectivity index (χ1) is 14.3. The molecule has 0 aromatic heterocycles. The summed E-state index contributed by atoms with van der Waals surface area (Å²) in [4.78, 5) is 11.2. The van der Waals surface area contributed by atoms with Gasteiger partial charge in [-0.3, -0.25) is 4.79 Å². The van der Waals surface area contributed by atoms with Gasteiger partial charge in [0.05, 0.1) is 6.61 Å². The Labute approximate surface area is 173 Å². The van der Waals surface area contributed by atoms with Crippen molar-refractivity contribution in [3.05, 3.63) is 64.7 Å². The van der Waals surface area contributed by atoms with Gasteiger partial charge in [-0.1, -0.05) is 11.8 Å². The average Bonchev–Trinajstić information content (AvgIpc) is 3.09. The first kappa shape index (κ1) is 20.7. The zero-order valence-corrected chi connectivity index (χ0v) is 16.6. The average molecular weight is 439 g/mol. The minimum Gasteiger partial charge on any atom is -0.493 e. The lowest BCUT2D eigenvalue weighted by atomic mass is 9.86. The lowest BCUT2D eigenvalue weighted by Gasteiger charge is -2.45. The van der Waals surface area contributed by atoms with Crippen LogP contribution in [0.15, 0.2) is 35.4 Å². The molecule has 0 saturated heterocycles. The number of hydrogen-bond acceptors (Lipinski definition) is 5. The summed E-state index contributed by atoms with van der Waals surface area (Å²) in [5, 5.41) is 5.42. The van der Waals surface area contributed by atoms with Crippen LogP contribution in [0.4, 0.5) is 17.6 Å². The number of rotatable bonds is 3. The highest BCUT2D eigenvalue weighted by Crippen LogP contribution is 2.57. The van der Waals surface area contributed by atoms with Crippen molar-refractivity contribution in [1.82, 2.24) is 5.01 Å². The van der Waals surface area contributed by atoms with Gasteiger partial charge < -0.3 is 10.5 Å². The van der Waals surface area contributed by atoms with Gasteiger partial charge in [-0.15, -0.1) is 0 Å². The maximum atomic E-state index is 14.4. The molecular formula is C20H17F4N3O2S. The first-order valence-corrected chi connectivity index (χ1v) is 9.95. The number of nitrogens with two attached hydrogens (primary N) is 1. The molecule has 2 aromatic rings. The van der Waals surface area contributed by atoms with E-state index in [1.165, 1.54) is 6.92 Å². The highest BCUT2D eigenvalue weighted by Gasteiger charge is 2.56. The van der Waals surface area contributed by atoms with Gasteiger partial charge in [0.15, 0.2) is 16.5 Å². The zero-order valence-electron chi connectivity index (χ0n) is 15.8. The number of carbonyl (C=O) groups is 1. The van der Waals surface area contributed by atoms with Crippen molar-refractivity contribution in [1.29, 1.82) is 0 Å². The molecule has 2 aliphatic rings. The highest BCUT2D eigenvalue weighted by molar-refractivity contribution is 8.15. The summed E-state index contributed by atoms with van der Waals surface area (Å²) in [7, 11) is 0. The Morgan fingerprint density at radius 3 is 2.67 bits per heavy atom. The van der Waals surface area contributed by atoms with E-state index in [-0.39, 0.29) is 35.1 Å². The molecule has 1 spiro atoms. The van der Waals surface area contributed by atoms with Crippen molar-refractivity contribution in [3.63, 3.8) is 0 Å². The molecule has 1 unspecified atom stereocenters. The monoisotopic (exact) mass is 439 g/mol. The van der Waals surface area contributed by atoms with Gasteiger partial charge in [-0.25, -0.2) is 22.6 Å². The SMILES string of the molecule is CC(=O)N1N=C(c2cc(F)ccc2F)SC12c1cc(F)c(F)cc1OC[C@@H]2CCN. The molecule has 4 rings (SSSR count). The Morgan fingerprint density at radius 2 is 1.97 bits per heavy atom. The predicted octanol–water partition coefficient (Wildman–Crippen LogP) is 3.71. The Bertz CT molecular complexity index is 1060. The minimum absolute atomic E-state index is 0.0433. The van der Waals surface area contributed by atoms with Crippen LogP contribution in [-0.4, -0.2) is 29.1 Å². The van der Waals surface area contributed by atoms with Crippen LogP contribution >= 0.6 is 11.8 Å². The van der Waals surface area contributed by atoms with Crippen molar-refractivity contribution in [2.75, 3.05) is 13.2 Å². The molecule has 0 radical (unpaired) electrons. The van der Waals surface area contributed by atoms with E-state index < -0.39 is 40.0 Å². The van der Waals surface area contributed by atoms with E-state index in [2.05, 4.69) is 5.10 Å². The van der Waals surface area contributed by atoms with Crippen molar-refractivity contribution < 1.29 is 27.1 Å². The third-order valence-corrected chi connectivity index (χ3v) is 6.66. The molecule has 30 heavy (non-hydrogen) atoms. The summed E-state index contributed by atoms with van der Waals surface area (Å²) in [6.07, 6.45) is 0.365. The van der Waals surface area contributed by atoms with E-state index in [0.29, 0.717) is 6.42 Å². The number of halogens is 4. The molecular weight excluding hydrogens is 422 g/mol. The smallest absolute Gasteiger partial charge is 0.241 e. The fourth-order valence-corrected chi connectivity index (χ4v) is 5.37. The van der Waals surface area contributed by atoms with Gasteiger partial charge in [0, 0.05) is 30.0 Å². The number of benzene rings is 2. The van der Waals surface area contributed by atoms with Gasteiger partial charge in [-0.05, 0) is 37.2 Å². The molecule has 1 amide bonds. The van der Waals surface area contributed by atoms with Gasteiger partial charge in [-0.2, -0.15) is 5.10 Å². The van der Waals surface area contributed by atoms with Crippen molar-refractivity contribution in [3.8, 4) is 5.75 Å². The molecule has 0 bridgehead atoms. The minimum atomic E-state index is -1.35. The molecule has 2 atom stereocenters. The van der Waals surface area contributed by atoms with E-state index >= 15 is 0 Å². The van der Waals surface area contributed by atoms with Crippen molar-refractivity contribution in [2.24, 2.45) is 16.8 Å². The van der Waals surface area contributed by atoms with Crippen LogP contribution < -0.4 is 10.5 Å². The van der Waals surface area contributed by atoms with Crippen LogP contribution in [0.25, 0.3) is 0 Å². The maximum absolute atomic E-state index is 14.4. The maximum Gasteiger partial charge on any atom is 0.241 e. The fourth-order valence-electron chi connectivity index (χ4n) is 3.81. The Morgan fingerprint density at radius 1 is 1.23 bits per heavy atom. The molecule has 0 aliphatic carbocycles. The van der Waals surface area contributed by atoms with E-state index in [4.69, 9.17) is 10.5 Å². The number of carbonyl (C=O) groups excluding carboxylic acids is 1. The molecule has 0 fully saturated rings. The van der Waals surface area contributed by atoms with Crippen LogP contribution in [0.1, 0.15) is 24.5 Å². The molecule has 158 valence electrons. The number of amides is 1. The number of nitrogens with zero attached hydrogens (tertiary/aromatic N) is 2. The predicted molar refractivity (Wildman–Crippen MR) is 104 cm³/mol. The first-order valence-electron chi connectivity index (χ1n) is 9.14. The quantitative estimate of drug-likeness (QED) is 0.741. The lowest BCUT2D eigenvalue weighted by Crippen LogP contribution is -2.51. The standard InChI is InChI=1S/C20H17F4N3O2S/c1-10(28)27-20(30-19(26-27)13-6-12(21)2-3-15(13)22)11(4-5-25)9-29-18-8-17(24)16(23)7-14(18)20/h2-3,6-8,11H,4-5,9,25H2,1H3/t11-,20?/m0/s1. The van der Waals surface area contributed by atoms with E-state index in [1.54, 1.807) is 0 Å². The molecule has 2 aliphatic heterocycles. The number of fused-ring (bicyclic) bond motifs is 2. The summed E-state index contributed by atoms with van der Waals surface area (Å²) in [5.74, 6) is -4.55. The number of hydrogen-bond donors (Lipinski definition) is 1.